The topological polar surface area (TPSA) is 139 Å². The molecule has 41 heavy (non-hydrogen) atoms. The zero-order valence-corrected chi connectivity index (χ0v) is 23.4. The molecule has 0 spiro atoms. The number of hydrogen-bond donors (Lipinski definition) is 1. The summed E-state index contributed by atoms with van der Waals surface area (Å²) in [4.78, 5) is 38.4. The number of ether oxygens (including phenoxy) is 3. The fourth-order valence-corrected chi connectivity index (χ4v) is 4.41. The van der Waals surface area contributed by atoms with Crippen LogP contribution in [0.4, 0.5) is 0 Å². The van der Waals surface area contributed by atoms with Crippen molar-refractivity contribution >= 4 is 35.6 Å². The Balaban J connectivity index is 1.75. The maximum Gasteiger partial charge on any atom is 0.338 e. The van der Waals surface area contributed by atoms with Gasteiger partial charge in [0.15, 0.2) is 0 Å². The van der Waals surface area contributed by atoms with Crippen molar-refractivity contribution in [3.63, 3.8) is 0 Å². The van der Waals surface area contributed by atoms with E-state index in [1.54, 1.807) is 74.5 Å². The van der Waals surface area contributed by atoms with Crippen molar-refractivity contribution in [2.45, 2.75) is 32.6 Å². The van der Waals surface area contributed by atoms with E-state index in [1.807, 2.05) is 12.1 Å². The molecule has 210 valence electrons. The van der Waals surface area contributed by atoms with Crippen LogP contribution in [0.25, 0.3) is 6.08 Å². The molecule has 2 aromatic carbocycles. The van der Waals surface area contributed by atoms with Gasteiger partial charge in [0.25, 0.3) is 0 Å². The average molecular weight is 574 g/mol. The number of nitriles is 2. The second-order valence-electron chi connectivity index (χ2n) is 8.90. The van der Waals surface area contributed by atoms with Crippen LogP contribution in [0.15, 0.2) is 77.1 Å². The molecule has 0 bridgehead atoms. The molecule has 0 saturated carbocycles. The maximum absolute atomic E-state index is 13.4. The minimum atomic E-state index is -0.804. The van der Waals surface area contributed by atoms with Crippen molar-refractivity contribution < 1.29 is 28.6 Å². The maximum atomic E-state index is 13.4. The highest BCUT2D eigenvalue weighted by Crippen LogP contribution is 2.40. The van der Waals surface area contributed by atoms with E-state index in [-0.39, 0.29) is 43.8 Å². The Labute approximate surface area is 243 Å². The van der Waals surface area contributed by atoms with Gasteiger partial charge >= 0.3 is 17.9 Å². The van der Waals surface area contributed by atoms with Gasteiger partial charge in [0.05, 0.1) is 47.6 Å². The van der Waals surface area contributed by atoms with E-state index in [0.717, 1.165) is 5.56 Å². The lowest BCUT2D eigenvalue weighted by Crippen LogP contribution is -2.32. The van der Waals surface area contributed by atoms with Crippen LogP contribution in [-0.2, 0) is 23.8 Å². The SMILES string of the molecule is CC1=C(C(=O)OCC=Cc2ccc(C(=O)OCCC#N)cc2)C(c2cccc(Cl)c2)C(C(=O)OCCC#N)=C(C)N1. The number of allylic oxidation sites excluding steroid dienone is 2. The van der Waals surface area contributed by atoms with Gasteiger partial charge in [-0.1, -0.05) is 41.9 Å². The number of carbonyl (C=O) groups is 3. The summed E-state index contributed by atoms with van der Waals surface area (Å²) in [5, 5.41) is 20.9. The molecule has 10 heteroatoms. The number of dihydropyridines is 1. The standard InChI is InChI=1S/C31H28ClN3O6/c1-20-26(30(37)40-16-4-7-22-10-12-23(13-11-22)29(36)39-17-5-14-33)28(24-8-3-9-25(32)19-24)27(21(2)35-20)31(38)41-18-6-15-34/h3-4,7-13,19,28,35H,5-6,16-18H2,1-2H3. The van der Waals surface area contributed by atoms with E-state index in [2.05, 4.69) is 5.32 Å². The van der Waals surface area contributed by atoms with Gasteiger partial charge in [0.2, 0.25) is 0 Å². The lowest BCUT2D eigenvalue weighted by atomic mass is 9.80. The van der Waals surface area contributed by atoms with Crippen LogP contribution in [0, 0.1) is 22.7 Å². The predicted molar refractivity (Wildman–Crippen MR) is 151 cm³/mol. The summed E-state index contributed by atoms with van der Waals surface area (Å²) in [6.45, 7) is 3.33. The summed E-state index contributed by atoms with van der Waals surface area (Å²) < 4.78 is 15.9. The van der Waals surface area contributed by atoms with E-state index < -0.39 is 23.8 Å². The molecule has 3 rings (SSSR count). The van der Waals surface area contributed by atoms with Crippen LogP contribution in [0.2, 0.25) is 5.02 Å². The van der Waals surface area contributed by atoms with E-state index in [9.17, 15) is 14.4 Å². The van der Waals surface area contributed by atoms with Gasteiger partial charge < -0.3 is 19.5 Å². The zero-order valence-electron chi connectivity index (χ0n) is 22.6. The summed E-state index contributed by atoms with van der Waals surface area (Å²) in [6, 6.07) is 17.3. The van der Waals surface area contributed by atoms with Crippen molar-refractivity contribution in [2.75, 3.05) is 19.8 Å². The van der Waals surface area contributed by atoms with Gasteiger partial charge in [-0.2, -0.15) is 10.5 Å². The molecule has 1 atom stereocenters. The van der Waals surface area contributed by atoms with Crippen LogP contribution in [0.3, 0.4) is 0 Å². The largest absolute Gasteiger partial charge is 0.461 e. The second-order valence-corrected chi connectivity index (χ2v) is 9.34. The monoisotopic (exact) mass is 573 g/mol. The molecule has 0 amide bonds. The molecule has 1 heterocycles. The fraction of sp³-hybridized carbons (Fsp3) is 0.258. The van der Waals surface area contributed by atoms with Gasteiger partial charge in [-0.25, -0.2) is 14.4 Å². The summed E-state index contributed by atoms with van der Waals surface area (Å²) in [5.74, 6) is -2.59. The zero-order chi connectivity index (χ0) is 29.8. The second kappa shape index (κ2) is 15.1. The molecule has 1 N–H and O–H groups in total. The average Bonchev–Trinajstić information content (AvgIpc) is 2.95. The Morgan fingerprint density at radius 1 is 0.878 bits per heavy atom. The van der Waals surface area contributed by atoms with E-state index >= 15 is 0 Å². The van der Waals surface area contributed by atoms with Crippen molar-refractivity contribution in [3.8, 4) is 12.1 Å². The number of nitrogens with one attached hydrogen (secondary N) is 1. The number of carbonyl (C=O) groups excluding carboxylic acids is 3. The molecule has 0 radical (unpaired) electrons. The molecule has 0 fully saturated rings. The molecule has 1 unspecified atom stereocenters. The summed E-state index contributed by atoms with van der Waals surface area (Å²) in [6.07, 6.45) is 3.55. The van der Waals surface area contributed by atoms with Crippen LogP contribution < -0.4 is 5.32 Å². The molecule has 9 nitrogen and oxygen atoms in total. The van der Waals surface area contributed by atoms with Crippen molar-refractivity contribution in [3.05, 3.63) is 98.9 Å². The van der Waals surface area contributed by atoms with E-state index in [0.29, 0.717) is 27.5 Å². The lowest BCUT2D eigenvalue weighted by Gasteiger charge is -2.30. The Morgan fingerprint density at radius 2 is 1.46 bits per heavy atom. The molecule has 2 aromatic rings. The van der Waals surface area contributed by atoms with Crippen molar-refractivity contribution in [2.24, 2.45) is 0 Å². The molecule has 0 aliphatic carbocycles. The Morgan fingerprint density at radius 3 is 2.05 bits per heavy atom. The molecular formula is C31H28ClN3O6. The number of nitrogens with zero attached hydrogens (tertiary/aromatic N) is 2. The van der Waals surface area contributed by atoms with Crippen LogP contribution in [-0.4, -0.2) is 37.7 Å². The highest BCUT2D eigenvalue weighted by molar-refractivity contribution is 6.30. The number of rotatable bonds is 11. The Bertz CT molecular complexity index is 1480. The third-order valence-corrected chi connectivity index (χ3v) is 6.28. The molecule has 0 saturated heterocycles. The summed E-state index contributed by atoms with van der Waals surface area (Å²) in [7, 11) is 0. The number of esters is 3. The highest BCUT2D eigenvalue weighted by atomic mass is 35.5. The molecule has 1 aliphatic rings. The highest BCUT2D eigenvalue weighted by Gasteiger charge is 2.38. The quantitative estimate of drug-likeness (QED) is 0.214. The van der Waals surface area contributed by atoms with Gasteiger partial charge in [-0.05, 0) is 55.3 Å². The van der Waals surface area contributed by atoms with Crippen LogP contribution >= 0.6 is 11.6 Å². The molecule has 0 aromatic heterocycles. The normalized spacial score (nSPS) is 14.6. The lowest BCUT2D eigenvalue weighted by molar-refractivity contribution is -0.139. The van der Waals surface area contributed by atoms with E-state index in [4.69, 9.17) is 36.3 Å². The van der Waals surface area contributed by atoms with Crippen molar-refractivity contribution in [1.82, 2.24) is 5.32 Å². The number of hydrogen-bond acceptors (Lipinski definition) is 9. The Kier molecular flexibility index (Phi) is 11.3. The first-order valence-corrected chi connectivity index (χ1v) is 13.1. The summed E-state index contributed by atoms with van der Waals surface area (Å²) >= 11 is 6.25. The first-order valence-electron chi connectivity index (χ1n) is 12.7. The first kappa shape index (κ1) is 30.7. The fourth-order valence-electron chi connectivity index (χ4n) is 4.21. The molecular weight excluding hydrogens is 546 g/mol. The third kappa shape index (κ3) is 8.31. The summed E-state index contributed by atoms with van der Waals surface area (Å²) in [5.41, 5.74) is 3.23. The minimum Gasteiger partial charge on any atom is -0.461 e. The number of halogens is 1. The van der Waals surface area contributed by atoms with Crippen molar-refractivity contribution in [1.29, 1.82) is 10.5 Å². The van der Waals surface area contributed by atoms with Crippen LogP contribution in [0.1, 0.15) is 54.1 Å². The van der Waals surface area contributed by atoms with Gasteiger partial charge in [0.1, 0.15) is 19.8 Å². The predicted octanol–water partition coefficient (Wildman–Crippen LogP) is 5.36. The Hall–Kier alpha value is -4.86. The van der Waals surface area contributed by atoms with Gasteiger partial charge in [0, 0.05) is 16.4 Å². The van der Waals surface area contributed by atoms with E-state index in [1.165, 1.54) is 0 Å². The minimum absolute atomic E-state index is 0.0329. The smallest absolute Gasteiger partial charge is 0.338 e. The third-order valence-electron chi connectivity index (χ3n) is 6.04. The van der Waals surface area contributed by atoms with Crippen LogP contribution in [0.5, 0.6) is 0 Å². The number of benzene rings is 2. The van der Waals surface area contributed by atoms with Gasteiger partial charge in [-0.15, -0.1) is 0 Å². The first-order chi connectivity index (χ1) is 19.8. The molecule has 1 aliphatic heterocycles. The van der Waals surface area contributed by atoms with Gasteiger partial charge in [-0.3, -0.25) is 0 Å².